The summed E-state index contributed by atoms with van der Waals surface area (Å²) in [6.07, 6.45) is 0. The molecule has 0 aliphatic carbocycles. The first kappa shape index (κ1) is 20.6. The van der Waals surface area contributed by atoms with Gasteiger partial charge in [-0.2, -0.15) is 16.8 Å². The standard InChI is InChI=1S/C14H8F2O9S2/c15-7-3-1-5-9(26(19,20)21)11(7)13(17)25-14(18)12-8(16)4-2-6-10(12)27(22,23)24/h1-6H,(H,19,20,21)(H,22,23,24). The van der Waals surface area contributed by atoms with Crippen molar-refractivity contribution >= 4 is 32.2 Å². The van der Waals surface area contributed by atoms with Crippen LogP contribution in [0.2, 0.25) is 0 Å². The minimum Gasteiger partial charge on any atom is -0.385 e. The van der Waals surface area contributed by atoms with E-state index in [4.69, 9.17) is 9.11 Å². The lowest BCUT2D eigenvalue weighted by molar-refractivity contribution is 0.0385. The number of benzene rings is 2. The van der Waals surface area contributed by atoms with Gasteiger partial charge in [-0.15, -0.1) is 0 Å². The summed E-state index contributed by atoms with van der Waals surface area (Å²) in [5, 5.41) is 0. The van der Waals surface area contributed by atoms with Crippen molar-refractivity contribution in [3.8, 4) is 0 Å². The highest BCUT2D eigenvalue weighted by Crippen LogP contribution is 2.23. The van der Waals surface area contributed by atoms with E-state index < -0.39 is 64.7 Å². The molecular weight excluding hydrogens is 414 g/mol. The van der Waals surface area contributed by atoms with Crippen molar-refractivity contribution in [2.45, 2.75) is 9.79 Å². The fourth-order valence-corrected chi connectivity index (χ4v) is 3.40. The van der Waals surface area contributed by atoms with Gasteiger partial charge < -0.3 is 4.74 Å². The molecule has 0 saturated carbocycles. The fraction of sp³-hybridized carbons (Fsp3) is 0. The van der Waals surface area contributed by atoms with Crippen LogP contribution in [0.15, 0.2) is 46.2 Å². The fourth-order valence-electron chi connectivity index (χ4n) is 2.02. The zero-order valence-corrected chi connectivity index (χ0v) is 14.4. The van der Waals surface area contributed by atoms with Crippen LogP contribution in [-0.2, 0) is 25.0 Å². The van der Waals surface area contributed by atoms with E-state index in [2.05, 4.69) is 4.74 Å². The van der Waals surface area contributed by atoms with Gasteiger partial charge >= 0.3 is 11.9 Å². The van der Waals surface area contributed by atoms with Crippen molar-refractivity contribution in [2.24, 2.45) is 0 Å². The number of rotatable bonds is 4. The van der Waals surface area contributed by atoms with Crippen LogP contribution in [0.3, 0.4) is 0 Å². The smallest absolute Gasteiger partial charge is 0.350 e. The topological polar surface area (TPSA) is 152 Å². The van der Waals surface area contributed by atoms with E-state index in [0.29, 0.717) is 24.3 Å². The molecule has 0 bridgehead atoms. The van der Waals surface area contributed by atoms with Crippen molar-refractivity contribution in [1.29, 1.82) is 0 Å². The van der Waals surface area contributed by atoms with Crippen LogP contribution in [0.4, 0.5) is 8.78 Å². The largest absolute Gasteiger partial charge is 0.385 e. The molecule has 13 heteroatoms. The van der Waals surface area contributed by atoms with E-state index in [9.17, 15) is 35.2 Å². The zero-order valence-electron chi connectivity index (χ0n) is 12.8. The lowest BCUT2D eigenvalue weighted by atomic mass is 10.2. The number of carbonyl (C=O) groups excluding carboxylic acids is 2. The second-order valence-electron chi connectivity index (χ2n) is 4.85. The predicted molar refractivity (Wildman–Crippen MR) is 82.2 cm³/mol. The third kappa shape index (κ3) is 4.33. The molecule has 0 radical (unpaired) electrons. The van der Waals surface area contributed by atoms with E-state index in [1.165, 1.54) is 0 Å². The van der Waals surface area contributed by atoms with Crippen molar-refractivity contribution in [3.63, 3.8) is 0 Å². The second-order valence-corrected chi connectivity index (χ2v) is 7.63. The van der Waals surface area contributed by atoms with Crippen LogP contribution in [-0.4, -0.2) is 37.9 Å². The molecule has 0 aromatic heterocycles. The van der Waals surface area contributed by atoms with Gasteiger partial charge in [-0.3, -0.25) is 9.11 Å². The monoisotopic (exact) mass is 422 g/mol. The Morgan fingerprint density at radius 1 is 0.741 bits per heavy atom. The highest BCUT2D eigenvalue weighted by atomic mass is 32.2. The Bertz CT molecular complexity index is 1060. The molecule has 2 aromatic rings. The van der Waals surface area contributed by atoms with Gasteiger partial charge in [-0.1, -0.05) is 12.1 Å². The van der Waals surface area contributed by atoms with Crippen molar-refractivity contribution < 1.29 is 49.0 Å². The molecule has 0 amide bonds. The Balaban J connectivity index is 2.53. The molecular formula is C14H8F2O9S2. The summed E-state index contributed by atoms with van der Waals surface area (Å²) >= 11 is 0. The molecule has 0 aliphatic rings. The van der Waals surface area contributed by atoms with Crippen molar-refractivity contribution in [3.05, 3.63) is 59.2 Å². The average Bonchev–Trinajstić information content (AvgIpc) is 2.52. The van der Waals surface area contributed by atoms with E-state index in [1.807, 2.05) is 0 Å². The predicted octanol–water partition coefficient (Wildman–Crippen LogP) is 1.46. The van der Waals surface area contributed by atoms with Crippen molar-refractivity contribution in [1.82, 2.24) is 0 Å². The molecule has 0 fully saturated rings. The van der Waals surface area contributed by atoms with Crippen LogP contribution in [0.5, 0.6) is 0 Å². The maximum Gasteiger partial charge on any atom is 0.350 e. The Morgan fingerprint density at radius 2 is 1.07 bits per heavy atom. The first-order valence-electron chi connectivity index (χ1n) is 6.62. The summed E-state index contributed by atoms with van der Waals surface area (Å²) in [6.45, 7) is 0. The minimum absolute atomic E-state index is 0.614. The Labute approximate surface area is 150 Å². The van der Waals surface area contributed by atoms with Crippen LogP contribution < -0.4 is 0 Å². The van der Waals surface area contributed by atoms with Gasteiger partial charge in [0.2, 0.25) is 0 Å². The number of esters is 2. The number of carbonyl (C=O) groups is 2. The van der Waals surface area contributed by atoms with Crippen LogP contribution in [0.25, 0.3) is 0 Å². The van der Waals surface area contributed by atoms with Gasteiger partial charge in [0.05, 0.1) is 0 Å². The van der Waals surface area contributed by atoms with Gasteiger partial charge in [0.25, 0.3) is 20.2 Å². The summed E-state index contributed by atoms with van der Waals surface area (Å²) in [4.78, 5) is 21.5. The number of ether oxygens (including phenoxy) is 1. The Kier molecular flexibility index (Phi) is 5.42. The van der Waals surface area contributed by atoms with E-state index in [0.717, 1.165) is 12.1 Å². The van der Waals surface area contributed by atoms with E-state index in [1.54, 1.807) is 0 Å². The normalized spacial score (nSPS) is 11.9. The SMILES string of the molecule is O=C(OC(=O)c1c(F)cccc1S(=O)(=O)O)c1c(F)cccc1S(=O)(=O)O. The van der Waals surface area contributed by atoms with Gasteiger partial charge in [0, 0.05) is 0 Å². The number of hydrogen-bond donors (Lipinski definition) is 2. The molecule has 144 valence electrons. The van der Waals surface area contributed by atoms with Crippen molar-refractivity contribution in [2.75, 3.05) is 0 Å². The second kappa shape index (κ2) is 7.11. The first-order chi connectivity index (χ1) is 12.3. The molecule has 9 nitrogen and oxygen atoms in total. The van der Waals surface area contributed by atoms with Crippen LogP contribution in [0.1, 0.15) is 20.7 Å². The summed E-state index contributed by atoms with van der Waals surface area (Å²) in [7, 11) is -10.2. The Hall–Kier alpha value is -2.74. The molecule has 27 heavy (non-hydrogen) atoms. The maximum atomic E-state index is 13.8. The first-order valence-corrected chi connectivity index (χ1v) is 9.50. The third-order valence-electron chi connectivity index (χ3n) is 3.10. The quantitative estimate of drug-likeness (QED) is 0.423. The lowest BCUT2D eigenvalue weighted by Gasteiger charge is -2.10. The third-order valence-corrected chi connectivity index (χ3v) is 4.89. The van der Waals surface area contributed by atoms with Gasteiger partial charge in [-0.25, -0.2) is 18.4 Å². The highest BCUT2D eigenvalue weighted by molar-refractivity contribution is 7.86. The number of hydrogen-bond acceptors (Lipinski definition) is 7. The molecule has 2 aromatic carbocycles. The van der Waals surface area contributed by atoms with E-state index >= 15 is 0 Å². The Morgan fingerprint density at radius 3 is 1.37 bits per heavy atom. The zero-order chi connectivity index (χ0) is 20.6. The van der Waals surface area contributed by atoms with Crippen LogP contribution in [0, 0.1) is 11.6 Å². The summed E-state index contributed by atoms with van der Waals surface area (Å²) < 4.78 is 94.8. The average molecular weight is 422 g/mol. The van der Waals surface area contributed by atoms with Crippen LogP contribution >= 0.6 is 0 Å². The molecule has 0 spiro atoms. The minimum atomic E-state index is -5.10. The molecule has 0 aliphatic heterocycles. The van der Waals surface area contributed by atoms with Gasteiger partial charge in [0.1, 0.15) is 32.6 Å². The summed E-state index contributed by atoms with van der Waals surface area (Å²) in [5.41, 5.74) is -2.73. The summed E-state index contributed by atoms with van der Waals surface area (Å²) in [5.74, 6) is -6.89. The van der Waals surface area contributed by atoms with E-state index in [-0.39, 0.29) is 0 Å². The molecule has 0 heterocycles. The van der Waals surface area contributed by atoms with Gasteiger partial charge in [-0.05, 0) is 24.3 Å². The molecule has 2 N–H and O–H groups in total. The molecule has 2 rings (SSSR count). The molecule has 0 unspecified atom stereocenters. The number of halogens is 2. The maximum absolute atomic E-state index is 13.8. The highest BCUT2D eigenvalue weighted by Gasteiger charge is 2.31. The summed E-state index contributed by atoms with van der Waals surface area (Å²) in [6, 6.07) is 4.16. The van der Waals surface area contributed by atoms with Gasteiger partial charge in [0.15, 0.2) is 0 Å². The molecule has 0 saturated heterocycles. The lowest BCUT2D eigenvalue weighted by Crippen LogP contribution is -2.20. The molecule has 0 atom stereocenters.